The van der Waals surface area contributed by atoms with Crippen LogP contribution in [0.1, 0.15) is 64.2 Å². The van der Waals surface area contributed by atoms with Crippen molar-refractivity contribution in [3.63, 3.8) is 0 Å². The highest BCUT2D eigenvalue weighted by molar-refractivity contribution is 6.30. The number of piperidine rings is 1. The Kier molecular flexibility index (Phi) is 9.96. The van der Waals surface area contributed by atoms with E-state index < -0.39 is 5.60 Å². The number of methoxy groups -OCH3 is 1. The number of halogens is 1. The predicted octanol–water partition coefficient (Wildman–Crippen LogP) is 5.98. The Balaban J connectivity index is 1.41. The van der Waals surface area contributed by atoms with Crippen molar-refractivity contribution >= 4 is 40.3 Å². The molecule has 50 heavy (non-hydrogen) atoms. The van der Waals surface area contributed by atoms with E-state index in [4.69, 9.17) is 35.9 Å². The van der Waals surface area contributed by atoms with Crippen molar-refractivity contribution in [2.45, 2.75) is 65.6 Å². The average Bonchev–Trinajstić information content (AvgIpc) is 3.48. The van der Waals surface area contributed by atoms with Crippen molar-refractivity contribution in [2.24, 2.45) is 11.8 Å². The highest BCUT2D eigenvalue weighted by Gasteiger charge is 2.37. The number of hydrogen-bond acceptors (Lipinski definition) is 10. The fourth-order valence-corrected chi connectivity index (χ4v) is 6.71. The van der Waals surface area contributed by atoms with Crippen molar-refractivity contribution in [3.05, 3.63) is 58.9 Å². The van der Waals surface area contributed by atoms with E-state index in [9.17, 15) is 14.9 Å². The molecule has 5 heterocycles. The summed E-state index contributed by atoms with van der Waals surface area (Å²) in [7, 11) is 1.65. The van der Waals surface area contributed by atoms with Crippen LogP contribution in [0.2, 0.25) is 5.02 Å². The number of fused-ring (bicyclic) bond motifs is 2. The molecule has 262 valence electrons. The summed E-state index contributed by atoms with van der Waals surface area (Å²) >= 11 is 5.96. The molecule has 0 unspecified atom stereocenters. The summed E-state index contributed by atoms with van der Waals surface area (Å²) < 4.78 is 19.2. The molecule has 0 spiro atoms. The first kappa shape index (κ1) is 35.0. The standard InChI is InChI=1S/C36H41ClN8O5/c1-21(2)11-27-25(13-38)33(22-7-8-29-30(12-22)49-20-32(46)44(29)18-31-39-14-24(37)15-40-31)26-16-41-45(34(26)42-27)28-9-10-43(17-23(28)19-48-6)35(47)50-36(3,4)5/h7-8,12,14-16,21,23,28H,9-11,17-20H2,1-6H3/t23-,28-/m0/s1. The number of nitriles is 1. The lowest BCUT2D eigenvalue weighted by Gasteiger charge is -2.38. The highest BCUT2D eigenvalue weighted by Crippen LogP contribution is 2.41. The molecule has 0 saturated carbocycles. The molecule has 6 rings (SSSR count). The number of pyridine rings is 1. The number of ether oxygens (including phenoxy) is 3. The molecule has 0 bridgehead atoms. The number of nitrogens with zero attached hydrogens (tertiary/aromatic N) is 8. The van der Waals surface area contributed by atoms with Gasteiger partial charge in [0.05, 0.1) is 47.4 Å². The van der Waals surface area contributed by atoms with E-state index in [1.54, 1.807) is 23.1 Å². The molecule has 2 atom stereocenters. The van der Waals surface area contributed by atoms with E-state index in [-0.39, 0.29) is 43.0 Å². The minimum absolute atomic E-state index is 0.0795. The van der Waals surface area contributed by atoms with Crippen LogP contribution in [0.4, 0.5) is 10.5 Å². The van der Waals surface area contributed by atoms with E-state index in [0.29, 0.717) is 77.3 Å². The predicted molar refractivity (Wildman–Crippen MR) is 187 cm³/mol. The minimum atomic E-state index is -0.602. The lowest BCUT2D eigenvalue weighted by atomic mass is 9.92. The maximum atomic E-state index is 13.0. The number of benzene rings is 1. The van der Waals surface area contributed by atoms with Crippen LogP contribution in [0.15, 0.2) is 36.8 Å². The smallest absolute Gasteiger partial charge is 0.410 e. The molecule has 1 saturated heterocycles. The van der Waals surface area contributed by atoms with Gasteiger partial charge in [-0.3, -0.25) is 9.69 Å². The van der Waals surface area contributed by atoms with E-state index in [2.05, 4.69) is 29.9 Å². The minimum Gasteiger partial charge on any atom is -0.482 e. The van der Waals surface area contributed by atoms with E-state index in [1.807, 2.05) is 43.7 Å². The van der Waals surface area contributed by atoms with Gasteiger partial charge in [-0.2, -0.15) is 10.4 Å². The molecule has 0 radical (unpaired) electrons. The Labute approximate surface area is 296 Å². The van der Waals surface area contributed by atoms with Gasteiger partial charge in [0.15, 0.2) is 12.3 Å². The molecule has 2 aliphatic heterocycles. The van der Waals surface area contributed by atoms with Crippen LogP contribution >= 0.6 is 11.6 Å². The first-order valence-electron chi connectivity index (χ1n) is 16.7. The van der Waals surface area contributed by atoms with Crippen LogP contribution in [-0.4, -0.2) is 80.6 Å². The first-order chi connectivity index (χ1) is 23.9. The normalized spacial score (nSPS) is 17.9. The van der Waals surface area contributed by atoms with Gasteiger partial charge in [0, 0.05) is 49.5 Å². The molecule has 4 aromatic rings. The summed E-state index contributed by atoms with van der Waals surface area (Å²) in [5.74, 6) is 0.867. The summed E-state index contributed by atoms with van der Waals surface area (Å²) in [6.07, 6.45) is 5.60. The number of anilines is 1. The van der Waals surface area contributed by atoms with Crippen LogP contribution in [0.5, 0.6) is 5.75 Å². The summed E-state index contributed by atoms with van der Waals surface area (Å²) in [5, 5.41) is 16.6. The van der Waals surface area contributed by atoms with Gasteiger partial charge in [0.1, 0.15) is 23.2 Å². The van der Waals surface area contributed by atoms with Gasteiger partial charge in [0.25, 0.3) is 5.91 Å². The monoisotopic (exact) mass is 700 g/mol. The van der Waals surface area contributed by atoms with Gasteiger partial charge < -0.3 is 19.1 Å². The molecule has 13 nitrogen and oxygen atoms in total. The third kappa shape index (κ3) is 7.22. The molecule has 0 N–H and O–H groups in total. The van der Waals surface area contributed by atoms with Gasteiger partial charge in [-0.05, 0) is 57.2 Å². The maximum absolute atomic E-state index is 13.0. The van der Waals surface area contributed by atoms with Crippen molar-refractivity contribution in [2.75, 3.05) is 38.3 Å². The highest BCUT2D eigenvalue weighted by atomic mass is 35.5. The third-order valence-electron chi connectivity index (χ3n) is 8.74. The molecule has 1 fully saturated rings. The lowest BCUT2D eigenvalue weighted by molar-refractivity contribution is -0.121. The molecule has 3 aromatic heterocycles. The molecule has 1 aromatic carbocycles. The van der Waals surface area contributed by atoms with Crippen LogP contribution < -0.4 is 9.64 Å². The SMILES string of the molecule is COC[C@@H]1CN(C(=O)OC(C)(C)C)CC[C@@H]1n1ncc2c(-c3ccc4c(c3)OCC(=O)N4Cc3ncc(Cl)cn3)c(C#N)c(CC(C)C)nc21. The molecule has 2 aliphatic rings. The second kappa shape index (κ2) is 14.2. The van der Waals surface area contributed by atoms with Gasteiger partial charge in [-0.1, -0.05) is 31.5 Å². The van der Waals surface area contributed by atoms with Gasteiger partial charge in [-0.15, -0.1) is 0 Å². The van der Waals surface area contributed by atoms with Gasteiger partial charge in [0.2, 0.25) is 0 Å². The number of amides is 2. The summed E-state index contributed by atoms with van der Waals surface area (Å²) in [6.45, 7) is 11.1. The zero-order chi connectivity index (χ0) is 35.7. The quantitative estimate of drug-likeness (QED) is 0.215. The molecule has 0 aliphatic carbocycles. The van der Waals surface area contributed by atoms with Crippen molar-refractivity contribution in [3.8, 4) is 22.9 Å². The lowest BCUT2D eigenvalue weighted by Crippen LogP contribution is -2.47. The Hall–Kier alpha value is -4.80. The van der Waals surface area contributed by atoms with Crippen LogP contribution in [0.25, 0.3) is 22.2 Å². The van der Waals surface area contributed by atoms with E-state index >= 15 is 0 Å². The maximum Gasteiger partial charge on any atom is 0.410 e. The molecular formula is C36H41ClN8O5. The number of rotatable bonds is 8. The average molecular weight is 701 g/mol. The largest absolute Gasteiger partial charge is 0.482 e. The first-order valence-corrected chi connectivity index (χ1v) is 17.1. The molecule has 2 amide bonds. The van der Waals surface area contributed by atoms with Gasteiger partial charge in [-0.25, -0.2) is 24.4 Å². The summed E-state index contributed by atoms with van der Waals surface area (Å²) in [5.41, 5.74) is 3.21. The third-order valence-corrected chi connectivity index (χ3v) is 8.93. The Morgan fingerprint density at radius 2 is 1.96 bits per heavy atom. The summed E-state index contributed by atoms with van der Waals surface area (Å²) in [6, 6.07) is 7.88. The van der Waals surface area contributed by atoms with Gasteiger partial charge >= 0.3 is 6.09 Å². The number of carbonyl (C=O) groups is 2. The van der Waals surface area contributed by atoms with E-state index in [0.717, 1.165) is 10.9 Å². The Bertz CT molecular complexity index is 1950. The fourth-order valence-electron chi connectivity index (χ4n) is 6.61. The van der Waals surface area contributed by atoms with Crippen molar-refractivity contribution in [1.82, 2.24) is 29.6 Å². The van der Waals surface area contributed by atoms with Crippen molar-refractivity contribution < 1.29 is 23.8 Å². The number of hydrogen-bond donors (Lipinski definition) is 0. The number of carbonyl (C=O) groups excluding carboxylic acids is 2. The van der Waals surface area contributed by atoms with E-state index in [1.165, 1.54) is 12.4 Å². The molecule has 14 heteroatoms. The summed E-state index contributed by atoms with van der Waals surface area (Å²) in [4.78, 5) is 42.9. The fraction of sp³-hybridized carbons (Fsp3) is 0.472. The van der Waals surface area contributed by atoms with Crippen LogP contribution in [-0.2, 0) is 27.2 Å². The van der Waals surface area contributed by atoms with Crippen molar-refractivity contribution in [1.29, 1.82) is 5.26 Å². The second-order valence-corrected chi connectivity index (χ2v) is 14.5. The van der Waals surface area contributed by atoms with Crippen LogP contribution in [0.3, 0.4) is 0 Å². The zero-order valence-electron chi connectivity index (χ0n) is 29.1. The Morgan fingerprint density at radius 1 is 1.20 bits per heavy atom. The van der Waals surface area contributed by atoms with Crippen LogP contribution in [0, 0.1) is 23.2 Å². The Morgan fingerprint density at radius 3 is 2.64 bits per heavy atom. The topological polar surface area (TPSA) is 149 Å². The second-order valence-electron chi connectivity index (χ2n) is 14.1. The number of likely N-dealkylation sites (tertiary alicyclic amines) is 1. The molecular weight excluding hydrogens is 660 g/mol. The number of aromatic nitrogens is 5. The zero-order valence-corrected chi connectivity index (χ0v) is 29.9.